The molecule has 0 aliphatic heterocycles. The molecule has 0 aliphatic carbocycles. The Hall–Kier alpha value is -3.14. The van der Waals surface area contributed by atoms with E-state index in [9.17, 15) is 4.79 Å². The zero-order chi connectivity index (χ0) is 18.4. The van der Waals surface area contributed by atoms with Gasteiger partial charge in [0.15, 0.2) is 0 Å². The standard InChI is InChI=1S/C22H23N3O/c1-16-7-6-8-17(2)21(16)25-20-13-19(14-23-15-20)22(26)24-12-11-18-9-4-3-5-10-18/h3-10,13-15,25H,11-12H2,1-2H3,(H,24,26). The molecular formula is C22H23N3O. The maximum atomic E-state index is 12.4. The highest BCUT2D eigenvalue weighted by molar-refractivity contribution is 5.94. The van der Waals surface area contributed by atoms with Gasteiger partial charge in [-0.1, -0.05) is 48.5 Å². The molecule has 0 bridgehead atoms. The van der Waals surface area contributed by atoms with E-state index in [4.69, 9.17) is 0 Å². The van der Waals surface area contributed by atoms with Crippen molar-refractivity contribution in [2.45, 2.75) is 20.3 Å². The van der Waals surface area contributed by atoms with Crippen molar-refractivity contribution < 1.29 is 4.79 Å². The third-order valence-corrected chi connectivity index (χ3v) is 4.29. The number of amides is 1. The van der Waals surface area contributed by atoms with Gasteiger partial charge in [0.1, 0.15) is 0 Å². The monoisotopic (exact) mass is 345 g/mol. The second-order valence-electron chi connectivity index (χ2n) is 6.35. The Morgan fingerprint density at radius 1 is 0.962 bits per heavy atom. The fourth-order valence-electron chi connectivity index (χ4n) is 2.86. The summed E-state index contributed by atoms with van der Waals surface area (Å²) in [4.78, 5) is 16.6. The van der Waals surface area contributed by atoms with Crippen LogP contribution in [-0.4, -0.2) is 17.4 Å². The lowest BCUT2D eigenvalue weighted by atomic mass is 10.1. The number of nitrogens with one attached hydrogen (secondary N) is 2. The molecule has 1 aromatic heterocycles. The molecule has 0 spiro atoms. The smallest absolute Gasteiger partial charge is 0.252 e. The Kier molecular flexibility index (Phi) is 5.64. The van der Waals surface area contributed by atoms with Gasteiger partial charge in [-0.25, -0.2) is 0 Å². The lowest BCUT2D eigenvalue weighted by Crippen LogP contribution is -2.25. The zero-order valence-electron chi connectivity index (χ0n) is 15.1. The second kappa shape index (κ2) is 8.30. The van der Waals surface area contributed by atoms with E-state index in [1.54, 1.807) is 12.4 Å². The zero-order valence-corrected chi connectivity index (χ0v) is 15.1. The van der Waals surface area contributed by atoms with E-state index in [-0.39, 0.29) is 5.91 Å². The van der Waals surface area contributed by atoms with Crippen LogP contribution in [0.3, 0.4) is 0 Å². The van der Waals surface area contributed by atoms with Crippen molar-refractivity contribution in [1.82, 2.24) is 10.3 Å². The average Bonchev–Trinajstić information content (AvgIpc) is 2.66. The Balaban J connectivity index is 1.64. The predicted molar refractivity (Wildman–Crippen MR) is 106 cm³/mol. The van der Waals surface area contributed by atoms with Crippen LogP contribution < -0.4 is 10.6 Å². The van der Waals surface area contributed by atoms with Gasteiger partial charge >= 0.3 is 0 Å². The molecule has 0 unspecified atom stereocenters. The van der Waals surface area contributed by atoms with E-state index < -0.39 is 0 Å². The highest BCUT2D eigenvalue weighted by Gasteiger charge is 2.08. The highest BCUT2D eigenvalue weighted by Crippen LogP contribution is 2.24. The third kappa shape index (κ3) is 4.48. The third-order valence-electron chi connectivity index (χ3n) is 4.29. The molecule has 0 radical (unpaired) electrons. The van der Waals surface area contributed by atoms with Crippen LogP contribution in [0.15, 0.2) is 67.0 Å². The molecule has 2 N–H and O–H groups in total. The van der Waals surface area contributed by atoms with Gasteiger partial charge in [-0.3, -0.25) is 9.78 Å². The van der Waals surface area contributed by atoms with Crippen LogP contribution in [-0.2, 0) is 6.42 Å². The number of aromatic nitrogens is 1. The highest BCUT2D eigenvalue weighted by atomic mass is 16.1. The number of nitrogens with zero attached hydrogens (tertiary/aromatic N) is 1. The van der Waals surface area contributed by atoms with E-state index in [0.717, 1.165) is 28.9 Å². The van der Waals surface area contributed by atoms with E-state index in [2.05, 4.69) is 53.7 Å². The van der Waals surface area contributed by atoms with Gasteiger partial charge in [-0.2, -0.15) is 0 Å². The van der Waals surface area contributed by atoms with Crippen LogP contribution in [0.1, 0.15) is 27.0 Å². The molecule has 4 heteroatoms. The minimum absolute atomic E-state index is 0.112. The van der Waals surface area contributed by atoms with Crippen molar-refractivity contribution >= 4 is 17.3 Å². The number of carbonyl (C=O) groups excluding carboxylic acids is 1. The normalized spacial score (nSPS) is 10.4. The summed E-state index contributed by atoms with van der Waals surface area (Å²) in [5.74, 6) is -0.112. The summed E-state index contributed by atoms with van der Waals surface area (Å²) in [6, 6.07) is 18.1. The van der Waals surface area contributed by atoms with Gasteiger partial charge in [-0.05, 0) is 43.0 Å². The molecule has 1 heterocycles. The molecule has 0 fully saturated rings. The molecular weight excluding hydrogens is 322 g/mol. The summed E-state index contributed by atoms with van der Waals surface area (Å²) in [6.07, 6.45) is 4.13. The van der Waals surface area contributed by atoms with E-state index in [1.807, 2.05) is 30.3 Å². The minimum atomic E-state index is -0.112. The van der Waals surface area contributed by atoms with Crippen molar-refractivity contribution in [3.63, 3.8) is 0 Å². The molecule has 1 amide bonds. The number of pyridine rings is 1. The summed E-state index contributed by atoms with van der Waals surface area (Å²) >= 11 is 0. The molecule has 132 valence electrons. The molecule has 0 aliphatic rings. The van der Waals surface area contributed by atoms with Crippen LogP contribution in [0.25, 0.3) is 0 Å². The average molecular weight is 345 g/mol. The van der Waals surface area contributed by atoms with Gasteiger partial charge in [0, 0.05) is 18.4 Å². The largest absolute Gasteiger partial charge is 0.354 e. The summed E-state index contributed by atoms with van der Waals surface area (Å²) in [5, 5.41) is 6.33. The summed E-state index contributed by atoms with van der Waals surface area (Å²) in [6.45, 7) is 4.71. The molecule has 3 aromatic rings. The number of benzene rings is 2. The fourth-order valence-corrected chi connectivity index (χ4v) is 2.86. The Morgan fingerprint density at radius 2 is 1.69 bits per heavy atom. The van der Waals surface area contributed by atoms with Crippen molar-refractivity contribution in [3.8, 4) is 0 Å². The molecule has 2 aromatic carbocycles. The predicted octanol–water partition coefficient (Wildman–Crippen LogP) is 4.41. The summed E-state index contributed by atoms with van der Waals surface area (Å²) in [5.41, 5.74) is 5.92. The Bertz CT molecular complexity index is 871. The first kappa shape index (κ1) is 17.7. The van der Waals surface area contributed by atoms with Gasteiger partial charge in [0.25, 0.3) is 5.91 Å². The number of carbonyl (C=O) groups is 1. The number of aryl methyl sites for hydroxylation is 2. The number of para-hydroxylation sites is 1. The summed E-state index contributed by atoms with van der Waals surface area (Å²) in [7, 11) is 0. The first-order valence-electron chi connectivity index (χ1n) is 8.74. The number of anilines is 2. The second-order valence-corrected chi connectivity index (χ2v) is 6.35. The van der Waals surface area contributed by atoms with E-state index >= 15 is 0 Å². The quantitative estimate of drug-likeness (QED) is 0.695. The fraction of sp³-hybridized carbons (Fsp3) is 0.182. The van der Waals surface area contributed by atoms with Crippen LogP contribution in [0.4, 0.5) is 11.4 Å². The maximum Gasteiger partial charge on any atom is 0.252 e. The topological polar surface area (TPSA) is 54.0 Å². The molecule has 0 atom stereocenters. The Labute approximate surface area is 154 Å². The van der Waals surface area contributed by atoms with E-state index in [1.165, 1.54) is 5.56 Å². The lowest BCUT2D eigenvalue weighted by molar-refractivity contribution is 0.0954. The van der Waals surface area contributed by atoms with Gasteiger partial charge in [0.2, 0.25) is 0 Å². The maximum absolute atomic E-state index is 12.4. The van der Waals surface area contributed by atoms with Gasteiger partial charge < -0.3 is 10.6 Å². The van der Waals surface area contributed by atoms with Crippen LogP contribution in [0, 0.1) is 13.8 Å². The first-order chi connectivity index (χ1) is 12.6. The molecule has 0 saturated carbocycles. The SMILES string of the molecule is Cc1cccc(C)c1Nc1cncc(C(=O)NCCc2ccccc2)c1. The number of hydrogen-bond acceptors (Lipinski definition) is 3. The van der Waals surface area contributed by atoms with Crippen molar-refractivity contribution in [2.75, 3.05) is 11.9 Å². The van der Waals surface area contributed by atoms with Crippen LogP contribution >= 0.6 is 0 Å². The van der Waals surface area contributed by atoms with Crippen molar-refractivity contribution in [2.24, 2.45) is 0 Å². The summed E-state index contributed by atoms with van der Waals surface area (Å²) < 4.78 is 0. The van der Waals surface area contributed by atoms with Crippen molar-refractivity contribution in [1.29, 1.82) is 0 Å². The van der Waals surface area contributed by atoms with E-state index in [0.29, 0.717) is 12.1 Å². The lowest BCUT2D eigenvalue weighted by Gasteiger charge is -2.13. The minimum Gasteiger partial charge on any atom is -0.354 e. The Morgan fingerprint density at radius 3 is 2.42 bits per heavy atom. The molecule has 4 nitrogen and oxygen atoms in total. The molecule has 26 heavy (non-hydrogen) atoms. The molecule has 0 saturated heterocycles. The molecule has 3 rings (SSSR count). The van der Waals surface area contributed by atoms with Crippen LogP contribution in [0.5, 0.6) is 0 Å². The van der Waals surface area contributed by atoms with Crippen LogP contribution in [0.2, 0.25) is 0 Å². The number of rotatable bonds is 6. The van der Waals surface area contributed by atoms with Gasteiger partial charge in [0.05, 0.1) is 17.4 Å². The van der Waals surface area contributed by atoms with Gasteiger partial charge in [-0.15, -0.1) is 0 Å². The number of hydrogen-bond donors (Lipinski definition) is 2. The first-order valence-corrected chi connectivity index (χ1v) is 8.74. The van der Waals surface area contributed by atoms with Crippen molar-refractivity contribution in [3.05, 3.63) is 89.2 Å².